The Hall–Kier alpha value is -1.85. The maximum Gasteiger partial charge on any atom is 0.239 e. The van der Waals surface area contributed by atoms with Crippen molar-refractivity contribution in [2.45, 2.75) is 25.4 Å². The van der Waals surface area contributed by atoms with Crippen LogP contribution in [0.2, 0.25) is 5.02 Å². The molecule has 6 heteroatoms. The van der Waals surface area contributed by atoms with Gasteiger partial charge in [0.15, 0.2) is 0 Å². The number of aryl methyl sites for hydroxylation is 1. The van der Waals surface area contributed by atoms with Gasteiger partial charge in [-0.2, -0.15) is 0 Å². The smallest absolute Gasteiger partial charge is 0.239 e. The van der Waals surface area contributed by atoms with Gasteiger partial charge in [-0.25, -0.2) is 4.98 Å². The van der Waals surface area contributed by atoms with Crippen LogP contribution in [0.1, 0.15) is 12.0 Å². The first-order chi connectivity index (χ1) is 11.0. The Labute approximate surface area is 140 Å². The lowest BCUT2D eigenvalue weighted by atomic mass is 10.1. The summed E-state index contributed by atoms with van der Waals surface area (Å²) in [6.45, 7) is 4.33. The van der Waals surface area contributed by atoms with Gasteiger partial charge in [-0.05, 0) is 37.1 Å². The van der Waals surface area contributed by atoms with Gasteiger partial charge in [0.05, 0.1) is 17.6 Å². The fourth-order valence-electron chi connectivity index (χ4n) is 3.65. The Bertz CT molecular complexity index is 794. The normalized spacial score (nSPS) is 24.4. The predicted molar refractivity (Wildman–Crippen MR) is 91.8 cm³/mol. The lowest BCUT2D eigenvalue weighted by Crippen LogP contribution is -2.52. The second kappa shape index (κ2) is 5.35. The highest BCUT2D eigenvalue weighted by Crippen LogP contribution is 2.29. The summed E-state index contributed by atoms with van der Waals surface area (Å²) in [5, 5.41) is 1.70. The standard InChI is InChI=1S/C17H19ClN4O/c1-10-2-4-13(18)12-3-5-15(20-16(10)12)21-6-7-22-11(9-21)8-14(19)17(22)23/h2-5,11,14H,6-9,19H2,1H3. The van der Waals surface area contributed by atoms with E-state index >= 15 is 0 Å². The number of halogens is 1. The number of rotatable bonds is 1. The lowest BCUT2D eigenvalue weighted by molar-refractivity contribution is -0.130. The van der Waals surface area contributed by atoms with E-state index in [0.717, 1.165) is 46.8 Å². The van der Waals surface area contributed by atoms with E-state index in [2.05, 4.69) is 4.90 Å². The van der Waals surface area contributed by atoms with Gasteiger partial charge in [0.25, 0.3) is 0 Å². The minimum Gasteiger partial charge on any atom is -0.353 e. The number of hydrogen-bond acceptors (Lipinski definition) is 4. The molecule has 0 radical (unpaired) electrons. The van der Waals surface area contributed by atoms with Crippen LogP contribution in [0.5, 0.6) is 0 Å². The number of hydrogen-bond donors (Lipinski definition) is 1. The van der Waals surface area contributed by atoms with E-state index in [1.807, 2.05) is 36.1 Å². The maximum absolute atomic E-state index is 12.0. The fraction of sp³-hybridized carbons (Fsp3) is 0.412. The van der Waals surface area contributed by atoms with Crippen molar-refractivity contribution in [2.75, 3.05) is 24.5 Å². The maximum atomic E-state index is 12.0. The van der Waals surface area contributed by atoms with E-state index in [-0.39, 0.29) is 18.0 Å². The van der Waals surface area contributed by atoms with Crippen LogP contribution < -0.4 is 10.6 Å². The molecule has 1 aromatic heterocycles. The summed E-state index contributed by atoms with van der Waals surface area (Å²) in [5.74, 6) is 1.03. The Morgan fingerprint density at radius 1 is 1.26 bits per heavy atom. The summed E-state index contributed by atoms with van der Waals surface area (Å²) < 4.78 is 0. The van der Waals surface area contributed by atoms with Crippen molar-refractivity contribution in [2.24, 2.45) is 5.73 Å². The van der Waals surface area contributed by atoms with Crippen LogP contribution in [0.3, 0.4) is 0 Å². The highest BCUT2D eigenvalue weighted by molar-refractivity contribution is 6.35. The average Bonchev–Trinajstić information content (AvgIpc) is 2.85. The summed E-state index contributed by atoms with van der Waals surface area (Å²) in [6.07, 6.45) is 0.730. The number of fused-ring (bicyclic) bond motifs is 2. The molecule has 2 aliphatic rings. The molecule has 23 heavy (non-hydrogen) atoms. The lowest BCUT2D eigenvalue weighted by Gasteiger charge is -2.38. The second-order valence-electron chi connectivity index (χ2n) is 6.40. The molecule has 2 fully saturated rings. The van der Waals surface area contributed by atoms with Crippen LogP contribution in [-0.4, -0.2) is 47.5 Å². The van der Waals surface area contributed by atoms with Gasteiger partial charge < -0.3 is 15.5 Å². The van der Waals surface area contributed by atoms with Crippen molar-refractivity contribution in [1.29, 1.82) is 0 Å². The number of pyridine rings is 1. The second-order valence-corrected chi connectivity index (χ2v) is 6.81. The van der Waals surface area contributed by atoms with E-state index < -0.39 is 0 Å². The molecule has 2 atom stereocenters. The van der Waals surface area contributed by atoms with Crippen molar-refractivity contribution in [3.8, 4) is 0 Å². The van der Waals surface area contributed by atoms with E-state index in [0.29, 0.717) is 6.54 Å². The van der Waals surface area contributed by atoms with Gasteiger partial charge >= 0.3 is 0 Å². The summed E-state index contributed by atoms with van der Waals surface area (Å²) in [4.78, 5) is 21.0. The molecule has 2 aliphatic heterocycles. The molecule has 4 rings (SSSR count). The van der Waals surface area contributed by atoms with Crippen LogP contribution in [0.4, 0.5) is 5.82 Å². The largest absolute Gasteiger partial charge is 0.353 e. The number of aromatic nitrogens is 1. The molecule has 0 spiro atoms. The van der Waals surface area contributed by atoms with Crippen molar-refractivity contribution >= 4 is 34.2 Å². The molecule has 5 nitrogen and oxygen atoms in total. The zero-order valence-corrected chi connectivity index (χ0v) is 13.8. The Balaban J connectivity index is 1.65. The molecule has 3 heterocycles. The first-order valence-corrected chi connectivity index (χ1v) is 8.29. The Kier molecular flexibility index (Phi) is 3.43. The molecular formula is C17H19ClN4O. The number of nitrogens with zero attached hydrogens (tertiary/aromatic N) is 3. The molecule has 2 saturated heterocycles. The molecule has 0 aliphatic carbocycles. The monoisotopic (exact) mass is 330 g/mol. The van der Waals surface area contributed by atoms with Gasteiger partial charge in [-0.1, -0.05) is 17.7 Å². The van der Waals surface area contributed by atoms with E-state index in [4.69, 9.17) is 22.3 Å². The van der Waals surface area contributed by atoms with Crippen LogP contribution in [0, 0.1) is 6.92 Å². The number of benzene rings is 1. The quantitative estimate of drug-likeness (QED) is 0.868. The number of piperazine rings is 1. The SMILES string of the molecule is Cc1ccc(Cl)c2ccc(N3CCN4C(=O)C(N)CC4C3)nc12. The topological polar surface area (TPSA) is 62.5 Å². The van der Waals surface area contributed by atoms with Gasteiger partial charge in [0, 0.05) is 30.0 Å². The molecular weight excluding hydrogens is 312 g/mol. The number of carbonyl (C=O) groups excluding carboxylic acids is 1. The summed E-state index contributed by atoms with van der Waals surface area (Å²) in [7, 11) is 0. The van der Waals surface area contributed by atoms with Crippen molar-refractivity contribution in [1.82, 2.24) is 9.88 Å². The number of carbonyl (C=O) groups is 1. The number of nitrogens with two attached hydrogens (primary N) is 1. The average molecular weight is 331 g/mol. The van der Waals surface area contributed by atoms with Gasteiger partial charge in [-0.15, -0.1) is 0 Å². The zero-order chi connectivity index (χ0) is 16.1. The zero-order valence-electron chi connectivity index (χ0n) is 13.0. The third-order valence-electron chi connectivity index (χ3n) is 4.92. The highest BCUT2D eigenvalue weighted by atomic mass is 35.5. The summed E-state index contributed by atoms with van der Waals surface area (Å²) >= 11 is 6.26. The van der Waals surface area contributed by atoms with Gasteiger partial charge in [0.1, 0.15) is 5.82 Å². The first-order valence-electron chi connectivity index (χ1n) is 7.91. The van der Waals surface area contributed by atoms with Crippen molar-refractivity contribution in [3.63, 3.8) is 0 Å². The first kappa shape index (κ1) is 14.7. The predicted octanol–water partition coefficient (Wildman–Crippen LogP) is 1.94. The summed E-state index contributed by atoms with van der Waals surface area (Å²) in [5.41, 5.74) is 7.95. The van der Waals surface area contributed by atoms with Crippen molar-refractivity contribution < 1.29 is 4.79 Å². The minimum absolute atomic E-state index is 0.0868. The van der Waals surface area contributed by atoms with Gasteiger partial charge in [-0.3, -0.25) is 4.79 Å². The van der Waals surface area contributed by atoms with Crippen LogP contribution in [-0.2, 0) is 4.79 Å². The number of anilines is 1. The minimum atomic E-state index is -0.342. The molecule has 2 aromatic rings. The Morgan fingerprint density at radius 2 is 2.09 bits per heavy atom. The van der Waals surface area contributed by atoms with E-state index in [1.165, 1.54) is 0 Å². The van der Waals surface area contributed by atoms with Gasteiger partial charge in [0.2, 0.25) is 5.91 Å². The molecule has 2 N–H and O–H groups in total. The fourth-order valence-corrected chi connectivity index (χ4v) is 3.86. The molecule has 0 bridgehead atoms. The molecule has 120 valence electrons. The summed E-state index contributed by atoms with van der Waals surface area (Å²) in [6, 6.07) is 7.80. The van der Waals surface area contributed by atoms with Crippen LogP contribution in [0.15, 0.2) is 24.3 Å². The molecule has 2 unspecified atom stereocenters. The van der Waals surface area contributed by atoms with E-state index in [1.54, 1.807) is 0 Å². The number of amides is 1. The Morgan fingerprint density at radius 3 is 2.91 bits per heavy atom. The van der Waals surface area contributed by atoms with Crippen LogP contribution in [0.25, 0.3) is 10.9 Å². The molecule has 1 amide bonds. The van der Waals surface area contributed by atoms with Crippen molar-refractivity contribution in [3.05, 3.63) is 34.9 Å². The van der Waals surface area contributed by atoms with E-state index in [9.17, 15) is 4.79 Å². The third-order valence-corrected chi connectivity index (χ3v) is 5.25. The molecule has 1 aromatic carbocycles. The molecule has 0 saturated carbocycles. The van der Waals surface area contributed by atoms with Crippen LogP contribution >= 0.6 is 11.6 Å². The highest BCUT2D eigenvalue weighted by Gasteiger charge is 2.40. The third kappa shape index (κ3) is 2.35.